The van der Waals surface area contributed by atoms with Gasteiger partial charge in [0.25, 0.3) is 5.91 Å². The molecular weight excluding hydrogens is 445 g/mol. The summed E-state index contributed by atoms with van der Waals surface area (Å²) in [6, 6.07) is 24.3. The second-order valence-corrected chi connectivity index (χ2v) is 7.98. The highest BCUT2D eigenvalue weighted by Crippen LogP contribution is 2.24. The Morgan fingerprint density at radius 3 is 2.44 bits per heavy atom. The lowest BCUT2D eigenvalue weighted by atomic mass is 10.1. The molecule has 0 unspecified atom stereocenters. The average Bonchev–Trinajstić information content (AvgIpc) is 3.27. The normalized spacial score (nSPS) is 10.7. The number of hydrogen-bond donors (Lipinski definition) is 1. The molecule has 1 aromatic heterocycles. The Bertz CT molecular complexity index is 1220. The van der Waals surface area contributed by atoms with E-state index in [-0.39, 0.29) is 5.91 Å². The lowest BCUT2D eigenvalue weighted by molar-refractivity contribution is 0.0946. The molecular formula is C25H21Cl2N3O2. The van der Waals surface area contributed by atoms with E-state index in [0.29, 0.717) is 34.4 Å². The highest BCUT2D eigenvalue weighted by Gasteiger charge is 2.17. The molecule has 1 heterocycles. The Labute approximate surface area is 196 Å². The number of methoxy groups -OCH3 is 1. The second-order valence-electron chi connectivity index (χ2n) is 7.13. The molecule has 0 aliphatic carbocycles. The molecule has 0 aliphatic heterocycles. The van der Waals surface area contributed by atoms with Crippen molar-refractivity contribution >= 4 is 29.1 Å². The van der Waals surface area contributed by atoms with Gasteiger partial charge < -0.3 is 10.1 Å². The minimum absolute atomic E-state index is 0.216. The molecule has 0 spiro atoms. The van der Waals surface area contributed by atoms with Gasteiger partial charge >= 0.3 is 0 Å². The van der Waals surface area contributed by atoms with Crippen molar-refractivity contribution in [3.05, 3.63) is 100 Å². The van der Waals surface area contributed by atoms with Gasteiger partial charge in [0.1, 0.15) is 11.4 Å². The number of halogens is 2. The van der Waals surface area contributed by atoms with Crippen molar-refractivity contribution in [2.45, 2.75) is 6.42 Å². The van der Waals surface area contributed by atoms with E-state index in [2.05, 4.69) is 5.32 Å². The summed E-state index contributed by atoms with van der Waals surface area (Å²) in [5.41, 5.74) is 3.76. The van der Waals surface area contributed by atoms with Crippen LogP contribution in [-0.2, 0) is 6.42 Å². The van der Waals surface area contributed by atoms with Gasteiger partial charge in [-0.15, -0.1) is 0 Å². The maximum Gasteiger partial charge on any atom is 0.270 e. The Kier molecular flexibility index (Phi) is 6.78. The third kappa shape index (κ3) is 4.96. The van der Waals surface area contributed by atoms with Crippen molar-refractivity contribution in [3.63, 3.8) is 0 Å². The minimum Gasteiger partial charge on any atom is -0.497 e. The van der Waals surface area contributed by atoms with Crippen molar-refractivity contribution in [2.75, 3.05) is 13.7 Å². The molecule has 3 aromatic carbocycles. The van der Waals surface area contributed by atoms with Crippen LogP contribution < -0.4 is 10.1 Å². The van der Waals surface area contributed by atoms with Crippen LogP contribution in [-0.4, -0.2) is 29.3 Å². The fraction of sp³-hybridized carbons (Fsp3) is 0.120. The van der Waals surface area contributed by atoms with Crippen molar-refractivity contribution < 1.29 is 9.53 Å². The largest absolute Gasteiger partial charge is 0.497 e. The Balaban J connectivity index is 1.58. The maximum atomic E-state index is 13.1. The molecule has 4 aromatic rings. The first-order chi connectivity index (χ1) is 15.5. The van der Waals surface area contributed by atoms with Crippen molar-refractivity contribution in [1.29, 1.82) is 0 Å². The summed E-state index contributed by atoms with van der Waals surface area (Å²) in [5.74, 6) is 0.543. The van der Waals surface area contributed by atoms with Crippen molar-refractivity contribution in [3.8, 4) is 22.7 Å². The first-order valence-electron chi connectivity index (χ1n) is 10.1. The molecule has 1 amide bonds. The fourth-order valence-corrected chi connectivity index (χ4v) is 3.84. The topological polar surface area (TPSA) is 56.1 Å². The van der Waals surface area contributed by atoms with E-state index < -0.39 is 0 Å². The molecule has 0 radical (unpaired) electrons. The van der Waals surface area contributed by atoms with Crippen LogP contribution in [0.25, 0.3) is 16.9 Å². The van der Waals surface area contributed by atoms with Crippen molar-refractivity contribution in [2.24, 2.45) is 0 Å². The summed E-state index contributed by atoms with van der Waals surface area (Å²) >= 11 is 12.2. The zero-order valence-electron chi connectivity index (χ0n) is 17.4. The van der Waals surface area contributed by atoms with Crippen LogP contribution >= 0.6 is 23.2 Å². The van der Waals surface area contributed by atoms with E-state index >= 15 is 0 Å². The standard InChI is InChI=1S/C25H21Cl2N3O2/c1-32-21-11-8-18(9-12-21)23-16-24(30(29-23)20-5-3-2-4-6-20)25(31)28-14-13-17-7-10-19(26)15-22(17)27/h2-12,15-16H,13-14H2,1H3,(H,28,31). The fourth-order valence-electron chi connectivity index (χ4n) is 3.34. The van der Waals surface area contributed by atoms with E-state index in [9.17, 15) is 4.79 Å². The number of amides is 1. The number of aromatic nitrogens is 2. The molecule has 5 nitrogen and oxygen atoms in total. The molecule has 7 heteroatoms. The molecule has 0 fully saturated rings. The zero-order chi connectivity index (χ0) is 22.5. The number of nitrogens with one attached hydrogen (secondary N) is 1. The molecule has 0 saturated carbocycles. The summed E-state index contributed by atoms with van der Waals surface area (Å²) in [5, 5.41) is 8.84. The first kappa shape index (κ1) is 21.9. The third-order valence-corrected chi connectivity index (χ3v) is 5.61. The van der Waals surface area contributed by atoms with Gasteiger partial charge in [0, 0.05) is 22.2 Å². The number of ether oxygens (including phenoxy) is 1. The van der Waals surface area contributed by atoms with Gasteiger partial charge in [0.2, 0.25) is 0 Å². The summed E-state index contributed by atoms with van der Waals surface area (Å²) in [4.78, 5) is 13.1. The van der Waals surface area contributed by atoms with E-state index in [1.54, 1.807) is 30.0 Å². The molecule has 0 saturated heterocycles. The third-order valence-electron chi connectivity index (χ3n) is 5.02. The van der Waals surface area contributed by atoms with Crippen LogP contribution in [0, 0.1) is 0 Å². The van der Waals surface area contributed by atoms with Crippen LogP contribution in [0.5, 0.6) is 5.75 Å². The van der Waals surface area contributed by atoms with Crippen LogP contribution in [0.2, 0.25) is 10.0 Å². The summed E-state index contributed by atoms with van der Waals surface area (Å²) < 4.78 is 6.89. The van der Waals surface area contributed by atoms with E-state index in [4.69, 9.17) is 33.0 Å². The van der Waals surface area contributed by atoms with Gasteiger partial charge in [0.15, 0.2) is 0 Å². The van der Waals surface area contributed by atoms with Gasteiger partial charge in [-0.25, -0.2) is 4.68 Å². The quantitative estimate of drug-likeness (QED) is 0.373. The predicted molar refractivity (Wildman–Crippen MR) is 128 cm³/mol. The molecule has 0 bridgehead atoms. The molecule has 0 atom stereocenters. The highest BCUT2D eigenvalue weighted by atomic mass is 35.5. The number of rotatable bonds is 7. The van der Waals surface area contributed by atoms with Gasteiger partial charge in [-0.05, 0) is 66.6 Å². The Hall–Kier alpha value is -3.28. The van der Waals surface area contributed by atoms with E-state index in [1.165, 1.54) is 0 Å². The van der Waals surface area contributed by atoms with Crippen molar-refractivity contribution in [1.82, 2.24) is 15.1 Å². The average molecular weight is 466 g/mol. The van der Waals surface area contributed by atoms with Crippen LogP contribution in [0.15, 0.2) is 78.9 Å². The Morgan fingerprint density at radius 1 is 1.00 bits per heavy atom. The summed E-state index contributed by atoms with van der Waals surface area (Å²) in [6.45, 7) is 0.429. The van der Waals surface area contributed by atoms with E-state index in [1.807, 2.05) is 60.7 Å². The molecule has 4 rings (SSSR count). The zero-order valence-corrected chi connectivity index (χ0v) is 18.9. The smallest absolute Gasteiger partial charge is 0.270 e. The lowest BCUT2D eigenvalue weighted by Gasteiger charge is -2.09. The van der Waals surface area contributed by atoms with Crippen LogP contribution in [0.4, 0.5) is 0 Å². The predicted octanol–water partition coefficient (Wildman–Crippen LogP) is 5.83. The van der Waals surface area contributed by atoms with Crippen LogP contribution in [0.3, 0.4) is 0 Å². The number of para-hydroxylation sites is 1. The van der Waals surface area contributed by atoms with Gasteiger partial charge in [-0.2, -0.15) is 5.10 Å². The first-order valence-corrected chi connectivity index (χ1v) is 10.8. The molecule has 32 heavy (non-hydrogen) atoms. The number of carbonyl (C=O) groups is 1. The summed E-state index contributed by atoms with van der Waals surface area (Å²) in [7, 11) is 1.62. The summed E-state index contributed by atoms with van der Waals surface area (Å²) in [6.07, 6.45) is 0.590. The number of hydrogen-bond acceptors (Lipinski definition) is 3. The second kappa shape index (κ2) is 9.90. The SMILES string of the molecule is COc1ccc(-c2cc(C(=O)NCCc3ccc(Cl)cc3Cl)n(-c3ccccc3)n2)cc1. The number of benzene rings is 3. The minimum atomic E-state index is -0.216. The van der Waals surface area contributed by atoms with E-state index in [0.717, 1.165) is 22.6 Å². The van der Waals surface area contributed by atoms with Gasteiger partial charge in [-0.1, -0.05) is 47.5 Å². The number of carbonyl (C=O) groups excluding carboxylic acids is 1. The van der Waals surface area contributed by atoms with Crippen LogP contribution in [0.1, 0.15) is 16.1 Å². The van der Waals surface area contributed by atoms with Gasteiger partial charge in [0.05, 0.1) is 18.5 Å². The Morgan fingerprint density at radius 2 is 1.75 bits per heavy atom. The molecule has 0 aliphatic rings. The molecule has 162 valence electrons. The lowest BCUT2D eigenvalue weighted by Crippen LogP contribution is -2.27. The number of nitrogens with zero attached hydrogens (tertiary/aromatic N) is 2. The maximum absolute atomic E-state index is 13.1. The van der Waals surface area contributed by atoms with Gasteiger partial charge in [-0.3, -0.25) is 4.79 Å². The monoisotopic (exact) mass is 465 g/mol. The highest BCUT2D eigenvalue weighted by molar-refractivity contribution is 6.35. The molecule has 1 N–H and O–H groups in total.